The van der Waals surface area contributed by atoms with E-state index in [0.29, 0.717) is 29.5 Å². The molecule has 0 spiro atoms. The van der Waals surface area contributed by atoms with Gasteiger partial charge in [-0.05, 0) is 40.7 Å². The molecule has 2 unspecified atom stereocenters. The lowest BCUT2D eigenvalue weighted by Gasteiger charge is -2.44. The zero-order valence-corrected chi connectivity index (χ0v) is 26.6. The predicted octanol–water partition coefficient (Wildman–Crippen LogP) is 5.89. The van der Waals surface area contributed by atoms with Crippen molar-refractivity contribution < 1.29 is 14.4 Å². The van der Waals surface area contributed by atoms with Crippen LogP contribution in [0.5, 0.6) is 0 Å². The van der Waals surface area contributed by atoms with E-state index in [1.807, 2.05) is 0 Å². The summed E-state index contributed by atoms with van der Waals surface area (Å²) in [5, 5.41) is 0. The van der Waals surface area contributed by atoms with Crippen LogP contribution in [0.4, 0.5) is 0 Å². The molecule has 0 heterocycles. The molecule has 0 aromatic carbocycles. The highest BCUT2D eigenvalue weighted by Crippen LogP contribution is 2.41. The molecular formula is C24H53N3O3Si3. The minimum absolute atomic E-state index is 0.0363. The summed E-state index contributed by atoms with van der Waals surface area (Å²) >= 11 is 0. The van der Waals surface area contributed by atoms with E-state index < -0.39 is 24.7 Å². The van der Waals surface area contributed by atoms with Crippen LogP contribution >= 0.6 is 0 Å². The van der Waals surface area contributed by atoms with E-state index in [0.717, 1.165) is 18.5 Å². The first kappa shape index (κ1) is 32.1. The van der Waals surface area contributed by atoms with Gasteiger partial charge in [-0.1, -0.05) is 75.0 Å². The van der Waals surface area contributed by atoms with Crippen molar-refractivity contribution in [1.82, 2.24) is 14.9 Å². The molecule has 33 heavy (non-hydrogen) atoms. The molecule has 9 heteroatoms. The smallest absolute Gasteiger partial charge is 0.212 e. The summed E-state index contributed by atoms with van der Waals surface area (Å²) in [7, 11) is -5.95. The Balaban J connectivity index is 5.39. The third kappa shape index (κ3) is 9.32. The highest BCUT2D eigenvalue weighted by molar-refractivity contribution is 6.83. The van der Waals surface area contributed by atoms with Gasteiger partial charge in [0.15, 0.2) is 16.5 Å². The quantitative estimate of drug-likeness (QED) is 0.252. The molecule has 0 aromatic rings. The zero-order chi connectivity index (χ0) is 26.2. The molecule has 2 atom stereocenters. The number of carbonyl (C=O) groups excluding carboxylic acids is 3. The Bertz CT molecular complexity index is 651. The van der Waals surface area contributed by atoms with Crippen molar-refractivity contribution in [3.63, 3.8) is 0 Å². The van der Waals surface area contributed by atoms with Crippen LogP contribution in [-0.4, -0.2) is 42.4 Å². The third-order valence-corrected chi connectivity index (χ3v) is 20.5. The maximum absolute atomic E-state index is 13.1. The van der Waals surface area contributed by atoms with Crippen LogP contribution in [0.3, 0.4) is 0 Å². The second kappa shape index (κ2) is 13.2. The summed E-state index contributed by atoms with van der Waals surface area (Å²) in [5.74, 6) is 0.255. The topological polar surface area (TPSA) is 87.3 Å². The van der Waals surface area contributed by atoms with Crippen molar-refractivity contribution in [3.05, 3.63) is 0 Å². The standard InChI is InChI=1S/C24H53N3O3Si3/c1-13-32(14-2,21(8)17-24(30)26-31(10,11)12)27-23(29)16-15-20(7)33(18(3)4,19(5)6)25-22(9)28/h18-21H,13-17H2,1-12H3,(H,25,28)(H,26,30)(H,27,29). The highest BCUT2D eigenvalue weighted by Gasteiger charge is 2.46. The van der Waals surface area contributed by atoms with Gasteiger partial charge in [-0.3, -0.25) is 14.4 Å². The van der Waals surface area contributed by atoms with Gasteiger partial charge in [0.05, 0.1) is 0 Å². The van der Waals surface area contributed by atoms with E-state index in [4.69, 9.17) is 0 Å². The molecule has 0 aliphatic heterocycles. The average Bonchev–Trinajstić information content (AvgIpc) is 2.65. The predicted molar refractivity (Wildman–Crippen MR) is 149 cm³/mol. The van der Waals surface area contributed by atoms with Crippen molar-refractivity contribution in [3.8, 4) is 0 Å². The van der Waals surface area contributed by atoms with Crippen molar-refractivity contribution in [2.24, 2.45) is 0 Å². The van der Waals surface area contributed by atoms with Gasteiger partial charge in [0.25, 0.3) is 0 Å². The molecule has 0 radical (unpaired) electrons. The summed E-state index contributed by atoms with van der Waals surface area (Å²) < 4.78 is 0. The van der Waals surface area contributed by atoms with E-state index in [2.05, 4.69) is 90.0 Å². The van der Waals surface area contributed by atoms with Crippen LogP contribution < -0.4 is 14.9 Å². The molecule has 6 nitrogen and oxygen atoms in total. The molecule has 0 aliphatic carbocycles. The van der Waals surface area contributed by atoms with Crippen molar-refractivity contribution in [2.45, 2.75) is 135 Å². The van der Waals surface area contributed by atoms with Gasteiger partial charge in [0.2, 0.25) is 17.7 Å². The normalized spacial score (nSPS) is 14.7. The molecule has 3 N–H and O–H groups in total. The van der Waals surface area contributed by atoms with Gasteiger partial charge < -0.3 is 14.9 Å². The number of rotatable bonds is 14. The highest BCUT2D eigenvalue weighted by atomic mass is 28.3. The molecule has 0 aliphatic rings. The second-order valence-electron chi connectivity index (χ2n) is 11.7. The molecule has 0 rings (SSSR count). The lowest BCUT2D eigenvalue weighted by atomic mass is 10.2. The number of hydrogen-bond acceptors (Lipinski definition) is 3. The first-order chi connectivity index (χ1) is 15.0. The first-order valence-electron chi connectivity index (χ1n) is 12.9. The lowest BCUT2D eigenvalue weighted by Crippen LogP contribution is -2.60. The summed E-state index contributed by atoms with van der Waals surface area (Å²) in [6.07, 6.45) is 1.72. The maximum Gasteiger partial charge on any atom is 0.212 e. The average molecular weight is 516 g/mol. The number of amides is 3. The van der Waals surface area contributed by atoms with Gasteiger partial charge in [-0.2, -0.15) is 0 Å². The van der Waals surface area contributed by atoms with Crippen molar-refractivity contribution in [2.75, 3.05) is 0 Å². The fraction of sp³-hybridized carbons (Fsp3) is 0.875. The van der Waals surface area contributed by atoms with Gasteiger partial charge in [-0.15, -0.1) is 0 Å². The van der Waals surface area contributed by atoms with E-state index in [1.54, 1.807) is 6.92 Å². The Morgan fingerprint density at radius 1 is 0.727 bits per heavy atom. The number of nitrogens with one attached hydrogen (secondary N) is 3. The fourth-order valence-corrected chi connectivity index (χ4v) is 16.0. The Morgan fingerprint density at radius 3 is 1.58 bits per heavy atom. The van der Waals surface area contributed by atoms with E-state index in [-0.39, 0.29) is 23.3 Å². The molecular weight excluding hydrogens is 463 g/mol. The van der Waals surface area contributed by atoms with Crippen molar-refractivity contribution >= 4 is 42.4 Å². The number of carbonyl (C=O) groups is 3. The van der Waals surface area contributed by atoms with Gasteiger partial charge in [0, 0.05) is 19.8 Å². The molecule has 3 amide bonds. The third-order valence-electron chi connectivity index (χ3n) is 7.52. The van der Waals surface area contributed by atoms with Gasteiger partial charge in [-0.25, -0.2) is 0 Å². The minimum atomic E-state index is -2.14. The Morgan fingerprint density at radius 2 is 1.21 bits per heavy atom. The maximum atomic E-state index is 13.1. The van der Waals surface area contributed by atoms with Crippen LogP contribution in [0.1, 0.15) is 81.6 Å². The molecule has 0 bridgehead atoms. The van der Waals surface area contributed by atoms with Gasteiger partial charge >= 0.3 is 0 Å². The monoisotopic (exact) mass is 515 g/mol. The van der Waals surface area contributed by atoms with Crippen LogP contribution in [0.2, 0.25) is 53.9 Å². The van der Waals surface area contributed by atoms with Crippen LogP contribution in [0.25, 0.3) is 0 Å². The number of hydrogen-bond donors (Lipinski definition) is 3. The minimum Gasteiger partial charge on any atom is -0.382 e. The second-order valence-corrected chi connectivity index (χ2v) is 26.8. The van der Waals surface area contributed by atoms with Crippen molar-refractivity contribution in [1.29, 1.82) is 0 Å². The van der Waals surface area contributed by atoms with Gasteiger partial charge in [0.1, 0.15) is 8.24 Å². The fourth-order valence-electron chi connectivity index (χ4n) is 5.64. The largest absolute Gasteiger partial charge is 0.382 e. The zero-order valence-electron chi connectivity index (χ0n) is 23.6. The van der Waals surface area contributed by atoms with E-state index in [9.17, 15) is 14.4 Å². The summed E-state index contributed by atoms with van der Waals surface area (Å²) in [4.78, 5) is 47.8. The lowest BCUT2D eigenvalue weighted by molar-refractivity contribution is -0.121. The molecule has 0 aromatic heterocycles. The van der Waals surface area contributed by atoms with Crippen LogP contribution in [0.15, 0.2) is 0 Å². The molecule has 194 valence electrons. The SMILES string of the molecule is CC[Si](CC)(NC(=O)CCC(C)[Si](NC(C)=O)(C(C)C)C(C)C)C(C)CC(=O)N[Si](C)(C)C. The Kier molecular flexibility index (Phi) is 12.9. The molecule has 0 saturated carbocycles. The summed E-state index contributed by atoms with van der Waals surface area (Å²) in [5.41, 5.74) is 1.27. The first-order valence-corrected chi connectivity index (χ1v) is 21.1. The van der Waals surface area contributed by atoms with E-state index >= 15 is 0 Å². The summed E-state index contributed by atoms with van der Waals surface area (Å²) in [6.45, 7) is 25.5. The van der Waals surface area contributed by atoms with E-state index in [1.165, 1.54) is 0 Å². The summed E-state index contributed by atoms with van der Waals surface area (Å²) in [6, 6.07) is 1.85. The van der Waals surface area contributed by atoms with Crippen LogP contribution in [0, 0.1) is 0 Å². The molecule has 0 fully saturated rings. The molecule has 0 saturated heterocycles. The Labute approximate surface area is 207 Å². The van der Waals surface area contributed by atoms with Crippen LogP contribution in [-0.2, 0) is 14.4 Å². The Hall–Kier alpha value is -0.939.